The third kappa shape index (κ3) is 16.3. The molecule has 0 radical (unpaired) electrons. The van der Waals surface area contributed by atoms with Gasteiger partial charge in [-0.05, 0) is 25.6 Å². The Bertz CT molecular complexity index is 319. The van der Waals surface area contributed by atoms with Crippen molar-refractivity contribution >= 4 is 35.2 Å². The standard InChI is InChI=1S/C16H39NSi4/c1-16(2)9-11-17-10-8-12-18-14-21(6,7)15-19-13-20(3,4)5/h9,11,17H,1,8,10,12-15,18-19H2,2-7H3. The van der Waals surface area contributed by atoms with Gasteiger partial charge in [0.25, 0.3) is 0 Å². The molecule has 0 aromatic heterocycles. The highest BCUT2D eigenvalue weighted by atomic mass is 28.4. The summed E-state index contributed by atoms with van der Waals surface area (Å²) in [4.78, 5) is 0. The van der Waals surface area contributed by atoms with Crippen molar-refractivity contribution < 1.29 is 0 Å². The van der Waals surface area contributed by atoms with E-state index in [1.54, 1.807) is 17.0 Å². The smallest absolute Gasteiger partial charge is 0.0411 e. The van der Waals surface area contributed by atoms with Crippen LogP contribution in [0.1, 0.15) is 13.3 Å². The van der Waals surface area contributed by atoms with Gasteiger partial charge < -0.3 is 5.32 Å². The first kappa shape index (κ1) is 21.1. The maximum atomic E-state index is 3.86. The van der Waals surface area contributed by atoms with Crippen LogP contribution in [0, 0.1) is 0 Å². The average molecular weight is 358 g/mol. The summed E-state index contributed by atoms with van der Waals surface area (Å²) in [5.41, 5.74) is 6.19. The SMILES string of the molecule is C=C(C)C=CNCCC[SiH2]C[Si](C)(C)C[SiH2]C[Si](C)(C)C. The van der Waals surface area contributed by atoms with Crippen molar-refractivity contribution in [1.82, 2.24) is 5.32 Å². The zero-order chi connectivity index (χ0) is 16.4. The highest BCUT2D eigenvalue weighted by Gasteiger charge is 2.21. The van der Waals surface area contributed by atoms with Crippen molar-refractivity contribution in [2.24, 2.45) is 0 Å². The van der Waals surface area contributed by atoms with Crippen LogP contribution >= 0.6 is 0 Å². The van der Waals surface area contributed by atoms with Crippen LogP contribution in [0.15, 0.2) is 24.4 Å². The van der Waals surface area contributed by atoms with E-state index in [4.69, 9.17) is 0 Å². The molecule has 0 fully saturated rings. The van der Waals surface area contributed by atoms with Crippen molar-refractivity contribution in [2.45, 2.75) is 69.1 Å². The minimum Gasteiger partial charge on any atom is -0.391 e. The predicted molar refractivity (Wildman–Crippen MR) is 114 cm³/mol. The first-order valence-corrected chi connectivity index (χ1v) is 19.8. The van der Waals surface area contributed by atoms with Gasteiger partial charge in [-0.15, -0.1) is 0 Å². The largest absolute Gasteiger partial charge is 0.391 e. The van der Waals surface area contributed by atoms with Gasteiger partial charge in [0, 0.05) is 41.7 Å². The Morgan fingerprint density at radius 2 is 1.67 bits per heavy atom. The molecule has 0 heterocycles. The number of allylic oxidation sites excluding steroid dienone is 2. The predicted octanol–water partition coefficient (Wildman–Crippen LogP) is 3.73. The Morgan fingerprint density at radius 1 is 1.05 bits per heavy atom. The summed E-state index contributed by atoms with van der Waals surface area (Å²) < 4.78 is 0. The minimum absolute atomic E-state index is 0.209. The van der Waals surface area contributed by atoms with E-state index in [9.17, 15) is 0 Å². The van der Waals surface area contributed by atoms with Crippen LogP contribution < -0.4 is 5.32 Å². The Balaban J connectivity index is 3.59. The normalized spacial score (nSPS) is 14.0. The van der Waals surface area contributed by atoms with Gasteiger partial charge in [0.05, 0.1) is 0 Å². The van der Waals surface area contributed by atoms with Crippen LogP contribution in [0.4, 0.5) is 0 Å². The van der Waals surface area contributed by atoms with E-state index in [0.717, 1.165) is 12.1 Å². The molecule has 0 atom stereocenters. The minimum atomic E-state index is -0.794. The van der Waals surface area contributed by atoms with E-state index < -0.39 is 16.1 Å². The second kappa shape index (κ2) is 10.8. The molecule has 0 aliphatic rings. The van der Waals surface area contributed by atoms with Gasteiger partial charge in [0.1, 0.15) is 0 Å². The van der Waals surface area contributed by atoms with Gasteiger partial charge in [-0.1, -0.05) is 67.9 Å². The fourth-order valence-corrected chi connectivity index (χ4v) is 21.6. The van der Waals surface area contributed by atoms with Gasteiger partial charge in [-0.25, -0.2) is 0 Å². The summed E-state index contributed by atoms with van der Waals surface area (Å²) in [6, 6.07) is 1.53. The molecule has 0 aliphatic heterocycles. The van der Waals surface area contributed by atoms with E-state index >= 15 is 0 Å². The van der Waals surface area contributed by atoms with Crippen LogP contribution in [-0.2, 0) is 0 Å². The summed E-state index contributed by atoms with van der Waals surface area (Å²) in [5, 5.41) is 3.37. The Morgan fingerprint density at radius 3 is 2.24 bits per heavy atom. The van der Waals surface area contributed by atoms with Crippen LogP contribution in [-0.4, -0.2) is 41.7 Å². The molecule has 0 saturated carbocycles. The molecule has 0 spiro atoms. The molecular weight excluding hydrogens is 319 g/mol. The maximum Gasteiger partial charge on any atom is 0.0411 e. The lowest BCUT2D eigenvalue weighted by Crippen LogP contribution is -2.32. The van der Waals surface area contributed by atoms with Crippen molar-refractivity contribution in [1.29, 1.82) is 0 Å². The zero-order valence-corrected chi connectivity index (χ0v) is 20.3. The number of rotatable bonds is 12. The third-order valence-electron chi connectivity index (χ3n) is 3.94. The Hall–Kier alpha value is 0.148. The van der Waals surface area contributed by atoms with Gasteiger partial charge in [-0.3, -0.25) is 0 Å². The third-order valence-corrected chi connectivity index (χ3v) is 26.0. The van der Waals surface area contributed by atoms with E-state index in [1.165, 1.54) is 12.5 Å². The molecule has 0 unspecified atom stereocenters. The number of hydrogen-bond donors (Lipinski definition) is 1. The van der Waals surface area contributed by atoms with Crippen molar-refractivity contribution in [3.8, 4) is 0 Å². The molecule has 5 heteroatoms. The molecule has 124 valence electrons. The van der Waals surface area contributed by atoms with Gasteiger partial charge in [0.15, 0.2) is 0 Å². The molecule has 0 bridgehead atoms. The molecule has 0 aliphatic carbocycles. The zero-order valence-electron chi connectivity index (χ0n) is 15.5. The van der Waals surface area contributed by atoms with E-state index in [0.29, 0.717) is 0 Å². The number of hydrogen-bond acceptors (Lipinski definition) is 1. The molecule has 0 aromatic rings. The van der Waals surface area contributed by atoms with Crippen LogP contribution in [0.25, 0.3) is 0 Å². The van der Waals surface area contributed by atoms with Crippen molar-refractivity contribution in [3.63, 3.8) is 0 Å². The lowest BCUT2D eigenvalue weighted by Gasteiger charge is -2.24. The lowest BCUT2D eigenvalue weighted by molar-refractivity contribution is 0.805. The number of nitrogens with one attached hydrogen (secondary N) is 1. The van der Waals surface area contributed by atoms with Gasteiger partial charge in [0.2, 0.25) is 0 Å². The van der Waals surface area contributed by atoms with Crippen LogP contribution in [0.3, 0.4) is 0 Å². The van der Waals surface area contributed by atoms with Crippen LogP contribution in [0.5, 0.6) is 0 Å². The summed E-state index contributed by atoms with van der Waals surface area (Å²) in [7, 11) is -1.07. The van der Waals surface area contributed by atoms with Crippen molar-refractivity contribution in [3.05, 3.63) is 24.4 Å². The summed E-state index contributed by atoms with van der Waals surface area (Å²) >= 11 is 0. The van der Waals surface area contributed by atoms with E-state index in [-0.39, 0.29) is 19.0 Å². The molecule has 1 N–H and O–H groups in total. The average Bonchev–Trinajstić information content (AvgIpc) is 2.30. The molecule has 0 saturated heterocycles. The molecule has 1 nitrogen and oxygen atoms in total. The first-order chi connectivity index (χ1) is 9.62. The molecule has 0 aromatic carbocycles. The molecule has 21 heavy (non-hydrogen) atoms. The maximum absolute atomic E-state index is 3.86. The molecule has 0 rings (SSSR count). The summed E-state index contributed by atoms with van der Waals surface area (Å²) in [6.07, 6.45) is 5.46. The Labute approximate surface area is 140 Å². The monoisotopic (exact) mass is 357 g/mol. The second-order valence-corrected chi connectivity index (χ2v) is 26.1. The fraction of sp³-hybridized carbons (Fsp3) is 0.750. The van der Waals surface area contributed by atoms with Crippen molar-refractivity contribution in [2.75, 3.05) is 6.54 Å². The second-order valence-electron chi connectivity index (χ2n) is 8.52. The van der Waals surface area contributed by atoms with E-state index in [2.05, 4.69) is 50.7 Å². The molecular formula is C16H39NSi4. The Kier molecular flexibility index (Phi) is 10.9. The quantitative estimate of drug-likeness (QED) is 0.319. The van der Waals surface area contributed by atoms with E-state index in [1.807, 2.05) is 13.1 Å². The van der Waals surface area contributed by atoms with Gasteiger partial charge in [-0.2, -0.15) is 0 Å². The fourth-order valence-electron chi connectivity index (χ4n) is 2.51. The summed E-state index contributed by atoms with van der Waals surface area (Å²) in [6.45, 7) is 20.0. The van der Waals surface area contributed by atoms with Gasteiger partial charge >= 0.3 is 0 Å². The molecule has 0 amide bonds. The highest BCUT2D eigenvalue weighted by molar-refractivity contribution is 6.92. The summed E-state index contributed by atoms with van der Waals surface area (Å²) in [5.74, 6) is 0. The lowest BCUT2D eigenvalue weighted by atomic mass is 10.3. The highest BCUT2D eigenvalue weighted by Crippen LogP contribution is 2.17. The van der Waals surface area contributed by atoms with Crippen LogP contribution in [0.2, 0.25) is 55.8 Å². The topological polar surface area (TPSA) is 12.0 Å². The first-order valence-electron chi connectivity index (χ1n) is 8.68.